The molecule has 0 aliphatic rings. The summed E-state index contributed by atoms with van der Waals surface area (Å²) < 4.78 is 26.2. The Balaban J connectivity index is 0.00000364. The molecule has 0 atom stereocenters. The maximum absolute atomic E-state index is 12.5. The van der Waals surface area contributed by atoms with Crippen molar-refractivity contribution in [2.75, 3.05) is 20.6 Å². The summed E-state index contributed by atoms with van der Waals surface area (Å²) in [6.45, 7) is 5.78. The zero-order chi connectivity index (χ0) is 19.2. The van der Waals surface area contributed by atoms with Gasteiger partial charge in [-0.3, -0.25) is 0 Å². The highest BCUT2D eigenvalue weighted by molar-refractivity contribution is 14.0. The lowest BCUT2D eigenvalue weighted by molar-refractivity contribution is 0.519. The van der Waals surface area contributed by atoms with E-state index >= 15 is 0 Å². The molecule has 0 aliphatic heterocycles. The standard InChI is InChI=1S/C18H26N4O2S2.HI/c1-5-19-18(21-13-16-14(2)10-11-25-16)20-12-15-8-6-7-9-17(15)26(23,24)22(3)4;/h6-11H,5,12-13H2,1-4H3,(H2,19,20,21);1H. The molecule has 0 saturated carbocycles. The minimum atomic E-state index is -3.50. The Hall–Kier alpha value is -1.17. The predicted molar refractivity (Wildman–Crippen MR) is 123 cm³/mol. The number of aliphatic imine (C=N–C) groups is 1. The van der Waals surface area contributed by atoms with Crippen LogP contribution in [0.1, 0.15) is 22.9 Å². The molecule has 0 unspecified atom stereocenters. The molecule has 27 heavy (non-hydrogen) atoms. The molecule has 1 aromatic carbocycles. The largest absolute Gasteiger partial charge is 0.357 e. The third-order valence-electron chi connectivity index (χ3n) is 3.87. The summed E-state index contributed by atoms with van der Waals surface area (Å²) in [5.74, 6) is 0.664. The molecule has 150 valence electrons. The van der Waals surface area contributed by atoms with E-state index in [1.807, 2.05) is 13.0 Å². The first-order chi connectivity index (χ1) is 12.4. The monoisotopic (exact) mass is 522 g/mol. The molecule has 2 aromatic rings. The second kappa shape index (κ2) is 11.0. The number of nitrogens with zero attached hydrogens (tertiary/aromatic N) is 2. The van der Waals surface area contributed by atoms with Crippen molar-refractivity contribution in [3.8, 4) is 0 Å². The van der Waals surface area contributed by atoms with E-state index in [-0.39, 0.29) is 30.5 Å². The molecular weight excluding hydrogens is 495 g/mol. The van der Waals surface area contributed by atoms with Crippen LogP contribution < -0.4 is 10.6 Å². The molecule has 0 spiro atoms. The number of guanidine groups is 1. The first-order valence-electron chi connectivity index (χ1n) is 8.41. The Morgan fingerprint density at radius 1 is 1.19 bits per heavy atom. The van der Waals surface area contributed by atoms with Gasteiger partial charge >= 0.3 is 0 Å². The van der Waals surface area contributed by atoms with Crippen molar-refractivity contribution in [3.05, 3.63) is 51.7 Å². The van der Waals surface area contributed by atoms with Gasteiger partial charge in [0.1, 0.15) is 0 Å². The highest BCUT2D eigenvalue weighted by Crippen LogP contribution is 2.19. The van der Waals surface area contributed by atoms with Gasteiger partial charge in [0.15, 0.2) is 5.96 Å². The van der Waals surface area contributed by atoms with E-state index in [2.05, 4.69) is 34.0 Å². The van der Waals surface area contributed by atoms with Crippen LogP contribution in [0.5, 0.6) is 0 Å². The van der Waals surface area contributed by atoms with Gasteiger partial charge in [-0.1, -0.05) is 18.2 Å². The molecule has 0 amide bonds. The molecule has 1 aromatic heterocycles. The fourth-order valence-corrected chi connectivity index (χ4v) is 4.29. The molecule has 1 heterocycles. The highest BCUT2D eigenvalue weighted by Gasteiger charge is 2.20. The van der Waals surface area contributed by atoms with Gasteiger partial charge in [-0.05, 0) is 42.5 Å². The summed E-state index contributed by atoms with van der Waals surface area (Å²) in [7, 11) is -0.432. The molecule has 6 nitrogen and oxygen atoms in total. The Morgan fingerprint density at radius 3 is 2.48 bits per heavy atom. The average Bonchev–Trinajstić information content (AvgIpc) is 3.02. The normalized spacial score (nSPS) is 12.0. The van der Waals surface area contributed by atoms with Gasteiger partial charge in [-0.2, -0.15) is 0 Å². The number of rotatable bonds is 7. The fourth-order valence-electron chi connectivity index (χ4n) is 2.34. The van der Waals surface area contributed by atoms with Crippen LogP contribution in [0.3, 0.4) is 0 Å². The maximum atomic E-state index is 12.5. The van der Waals surface area contributed by atoms with E-state index in [0.717, 1.165) is 6.54 Å². The van der Waals surface area contributed by atoms with Crippen molar-refractivity contribution >= 4 is 51.3 Å². The van der Waals surface area contributed by atoms with Crippen molar-refractivity contribution in [1.82, 2.24) is 14.9 Å². The first kappa shape index (κ1) is 23.9. The zero-order valence-corrected chi connectivity index (χ0v) is 20.0. The number of aryl methyl sites for hydroxylation is 1. The van der Waals surface area contributed by atoms with E-state index in [1.54, 1.807) is 29.5 Å². The lowest BCUT2D eigenvalue weighted by Gasteiger charge is -2.15. The average molecular weight is 522 g/mol. The summed E-state index contributed by atoms with van der Waals surface area (Å²) in [5, 5.41) is 8.57. The molecule has 0 radical (unpaired) electrons. The van der Waals surface area contributed by atoms with E-state index < -0.39 is 10.0 Å². The second-order valence-corrected chi connectivity index (χ2v) is 9.09. The maximum Gasteiger partial charge on any atom is 0.242 e. The van der Waals surface area contributed by atoms with Crippen LogP contribution in [-0.4, -0.2) is 39.3 Å². The number of hydrogen-bond donors (Lipinski definition) is 2. The number of hydrogen-bond acceptors (Lipinski definition) is 4. The van der Waals surface area contributed by atoms with Crippen molar-refractivity contribution in [2.24, 2.45) is 4.99 Å². The Morgan fingerprint density at radius 2 is 1.89 bits per heavy atom. The van der Waals surface area contributed by atoms with Gasteiger partial charge in [0.25, 0.3) is 0 Å². The SMILES string of the molecule is CCNC(=NCc1ccccc1S(=O)(=O)N(C)C)NCc1sccc1C.I. The first-order valence-corrected chi connectivity index (χ1v) is 10.7. The number of nitrogens with one attached hydrogen (secondary N) is 2. The third kappa shape index (κ3) is 6.44. The van der Waals surface area contributed by atoms with Crippen molar-refractivity contribution in [2.45, 2.75) is 31.8 Å². The Labute approximate surface area is 183 Å². The van der Waals surface area contributed by atoms with Crippen molar-refractivity contribution < 1.29 is 8.42 Å². The highest BCUT2D eigenvalue weighted by atomic mass is 127. The predicted octanol–water partition coefficient (Wildman–Crippen LogP) is 3.18. The fraction of sp³-hybridized carbons (Fsp3) is 0.389. The lowest BCUT2D eigenvalue weighted by atomic mass is 10.2. The van der Waals surface area contributed by atoms with Gasteiger partial charge in [0.2, 0.25) is 10.0 Å². The van der Waals surface area contributed by atoms with Crippen LogP contribution in [0.4, 0.5) is 0 Å². The molecule has 0 saturated heterocycles. The second-order valence-electron chi connectivity index (χ2n) is 5.97. The lowest BCUT2D eigenvalue weighted by Crippen LogP contribution is -2.36. The van der Waals surface area contributed by atoms with Crippen LogP contribution >= 0.6 is 35.3 Å². The van der Waals surface area contributed by atoms with Crippen LogP contribution in [-0.2, 0) is 23.1 Å². The number of benzene rings is 1. The van der Waals surface area contributed by atoms with Crippen molar-refractivity contribution in [3.63, 3.8) is 0 Å². The van der Waals surface area contributed by atoms with Crippen LogP contribution in [0.2, 0.25) is 0 Å². The summed E-state index contributed by atoms with van der Waals surface area (Å²) in [6, 6.07) is 9.07. The number of thiophene rings is 1. The summed E-state index contributed by atoms with van der Waals surface area (Å²) in [4.78, 5) is 6.11. The minimum absolute atomic E-state index is 0. The minimum Gasteiger partial charge on any atom is -0.357 e. The van der Waals surface area contributed by atoms with E-state index in [9.17, 15) is 8.42 Å². The Kier molecular flexibility index (Phi) is 9.71. The van der Waals surface area contributed by atoms with Gasteiger partial charge in [0, 0.05) is 25.5 Å². The van der Waals surface area contributed by atoms with Crippen LogP contribution in [0, 0.1) is 6.92 Å². The Bertz CT molecular complexity index is 864. The van der Waals surface area contributed by atoms with Crippen LogP contribution in [0.25, 0.3) is 0 Å². The zero-order valence-electron chi connectivity index (χ0n) is 16.0. The summed E-state index contributed by atoms with van der Waals surface area (Å²) in [5.41, 5.74) is 1.92. The van der Waals surface area contributed by atoms with Gasteiger partial charge in [-0.15, -0.1) is 35.3 Å². The molecule has 2 N–H and O–H groups in total. The molecule has 2 rings (SSSR count). The van der Waals surface area contributed by atoms with E-state index in [4.69, 9.17) is 0 Å². The molecule has 9 heteroatoms. The summed E-state index contributed by atoms with van der Waals surface area (Å²) >= 11 is 1.70. The quantitative estimate of drug-likeness (QED) is 0.333. The molecule has 0 fully saturated rings. The van der Waals surface area contributed by atoms with E-state index in [0.29, 0.717) is 23.0 Å². The van der Waals surface area contributed by atoms with Gasteiger partial charge in [-0.25, -0.2) is 17.7 Å². The molecule has 0 bridgehead atoms. The van der Waals surface area contributed by atoms with E-state index in [1.165, 1.54) is 28.8 Å². The number of halogens is 1. The summed E-state index contributed by atoms with van der Waals surface area (Å²) in [6.07, 6.45) is 0. The van der Waals surface area contributed by atoms with Crippen LogP contribution in [0.15, 0.2) is 45.6 Å². The molecule has 0 aliphatic carbocycles. The topological polar surface area (TPSA) is 73.8 Å². The molecular formula is C18H27IN4O2S2. The number of sulfonamides is 1. The van der Waals surface area contributed by atoms with Gasteiger partial charge in [0.05, 0.1) is 18.0 Å². The third-order valence-corrected chi connectivity index (χ3v) is 6.81. The van der Waals surface area contributed by atoms with Crippen molar-refractivity contribution in [1.29, 1.82) is 0 Å². The smallest absolute Gasteiger partial charge is 0.242 e. The van der Waals surface area contributed by atoms with Gasteiger partial charge < -0.3 is 10.6 Å².